The van der Waals surface area contributed by atoms with Crippen LogP contribution in [-0.2, 0) is 0 Å². The number of aliphatic hydroxyl groups excluding tert-OH is 1. The molecule has 1 aromatic heterocycles. The smallest absolute Gasteiger partial charge is 0.277 e. The first kappa shape index (κ1) is 13.4. The van der Waals surface area contributed by atoms with Crippen LogP contribution in [-0.4, -0.2) is 34.0 Å². The van der Waals surface area contributed by atoms with E-state index in [9.17, 15) is 9.90 Å². The SMILES string of the molecule is CCC(CC)C(O)CNC(=O)c1nonc1N. The Morgan fingerprint density at radius 3 is 2.59 bits per heavy atom. The molecule has 1 atom stereocenters. The highest BCUT2D eigenvalue weighted by molar-refractivity contribution is 5.95. The van der Waals surface area contributed by atoms with Gasteiger partial charge in [0.1, 0.15) is 0 Å². The molecule has 1 aromatic rings. The van der Waals surface area contributed by atoms with Gasteiger partial charge in [-0.05, 0) is 16.2 Å². The molecule has 0 fully saturated rings. The monoisotopic (exact) mass is 242 g/mol. The van der Waals surface area contributed by atoms with E-state index in [1.807, 2.05) is 13.8 Å². The molecule has 0 aliphatic rings. The van der Waals surface area contributed by atoms with Crippen molar-refractivity contribution < 1.29 is 14.5 Å². The zero-order chi connectivity index (χ0) is 12.8. The quantitative estimate of drug-likeness (QED) is 0.655. The van der Waals surface area contributed by atoms with Crippen LogP contribution < -0.4 is 11.1 Å². The van der Waals surface area contributed by atoms with Gasteiger partial charge in [0.25, 0.3) is 5.91 Å². The molecular weight excluding hydrogens is 224 g/mol. The minimum absolute atomic E-state index is 0.0539. The van der Waals surface area contributed by atoms with Gasteiger partial charge in [0, 0.05) is 6.54 Å². The molecule has 17 heavy (non-hydrogen) atoms. The molecule has 7 heteroatoms. The Morgan fingerprint density at radius 2 is 2.12 bits per heavy atom. The Kier molecular flexibility index (Phi) is 4.89. The Bertz CT molecular complexity index is 362. The molecule has 1 amide bonds. The molecule has 1 heterocycles. The molecule has 0 saturated heterocycles. The third-order valence-electron chi connectivity index (χ3n) is 2.79. The number of hydrogen-bond acceptors (Lipinski definition) is 6. The number of nitrogens with zero attached hydrogens (tertiary/aromatic N) is 2. The van der Waals surface area contributed by atoms with Crippen molar-refractivity contribution in [3.8, 4) is 0 Å². The van der Waals surface area contributed by atoms with Crippen LogP contribution in [0.2, 0.25) is 0 Å². The minimum Gasteiger partial charge on any atom is -0.391 e. The second-order valence-electron chi connectivity index (χ2n) is 3.85. The largest absolute Gasteiger partial charge is 0.391 e. The highest BCUT2D eigenvalue weighted by atomic mass is 16.6. The van der Waals surface area contributed by atoms with E-state index in [1.54, 1.807) is 0 Å². The lowest BCUT2D eigenvalue weighted by Crippen LogP contribution is -2.36. The van der Waals surface area contributed by atoms with Gasteiger partial charge >= 0.3 is 0 Å². The van der Waals surface area contributed by atoms with Crippen molar-refractivity contribution in [2.45, 2.75) is 32.8 Å². The van der Waals surface area contributed by atoms with E-state index in [0.717, 1.165) is 12.8 Å². The van der Waals surface area contributed by atoms with Gasteiger partial charge in [0.2, 0.25) is 11.5 Å². The molecule has 1 rings (SSSR count). The van der Waals surface area contributed by atoms with Gasteiger partial charge in [-0.1, -0.05) is 26.7 Å². The summed E-state index contributed by atoms with van der Waals surface area (Å²) in [5, 5.41) is 19.0. The Hall–Kier alpha value is -1.63. The van der Waals surface area contributed by atoms with Crippen molar-refractivity contribution in [2.24, 2.45) is 5.92 Å². The second kappa shape index (κ2) is 6.19. The topological polar surface area (TPSA) is 114 Å². The lowest BCUT2D eigenvalue weighted by molar-refractivity contribution is 0.0810. The number of nitrogens with one attached hydrogen (secondary N) is 1. The molecule has 96 valence electrons. The van der Waals surface area contributed by atoms with Crippen molar-refractivity contribution in [2.75, 3.05) is 12.3 Å². The van der Waals surface area contributed by atoms with Crippen LogP contribution in [0.15, 0.2) is 4.63 Å². The summed E-state index contributed by atoms with van der Waals surface area (Å²) in [4.78, 5) is 11.6. The van der Waals surface area contributed by atoms with Gasteiger partial charge in [0.05, 0.1) is 6.10 Å². The van der Waals surface area contributed by atoms with E-state index in [1.165, 1.54) is 0 Å². The summed E-state index contributed by atoms with van der Waals surface area (Å²) in [6.07, 6.45) is 1.15. The van der Waals surface area contributed by atoms with E-state index in [4.69, 9.17) is 5.73 Å². The number of hydrogen-bond donors (Lipinski definition) is 3. The van der Waals surface area contributed by atoms with Crippen molar-refractivity contribution in [3.63, 3.8) is 0 Å². The minimum atomic E-state index is -0.574. The number of nitrogen functional groups attached to an aromatic ring is 1. The first-order valence-corrected chi connectivity index (χ1v) is 5.64. The van der Waals surface area contributed by atoms with Gasteiger partial charge in [-0.15, -0.1) is 0 Å². The number of aromatic nitrogens is 2. The molecule has 0 bridgehead atoms. The third kappa shape index (κ3) is 3.42. The number of carbonyl (C=O) groups excluding carboxylic acids is 1. The maximum atomic E-state index is 11.6. The average molecular weight is 242 g/mol. The molecule has 0 aromatic carbocycles. The molecule has 0 aliphatic carbocycles. The van der Waals surface area contributed by atoms with Crippen molar-refractivity contribution in [1.29, 1.82) is 0 Å². The first-order valence-electron chi connectivity index (χ1n) is 5.64. The van der Waals surface area contributed by atoms with Gasteiger partial charge in [-0.2, -0.15) is 0 Å². The third-order valence-corrected chi connectivity index (χ3v) is 2.79. The predicted octanol–water partition coefficient (Wildman–Crippen LogP) is 0.179. The zero-order valence-corrected chi connectivity index (χ0v) is 10.0. The molecular formula is C10H18N4O3. The van der Waals surface area contributed by atoms with Crippen molar-refractivity contribution in [1.82, 2.24) is 15.6 Å². The Balaban J connectivity index is 2.46. The molecule has 4 N–H and O–H groups in total. The zero-order valence-electron chi connectivity index (χ0n) is 10.0. The standard InChI is InChI=1S/C10H18N4O3/c1-3-6(4-2)7(15)5-12-10(16)8-9(11)14-17-13-8/h6-7,15H,3-5H2,1-2H3,(H2,11,14)(H,12,16). The number of nitrogens with two attached hydrogens (primary N) is 1. The maximum Gasteiger partial charge on any atom is 0.277 e. The average Bonchev–Trinajstić information content (AvgIpc) is 2.74. The van der Waals surface area contributed by atoms with Crippen LogP contribution in [0.4, 0.5) is 5.82 Å². The van der Waals surface area contributed by atoms with Crippen molar-refractivity contribution >= 4 is 11.7 Å². The fraction of sp³-hybridized carbons (Fsp3) is 0.700. The number of amides is 1. The van der Waals surface area contributed by atoms with E-state index in [2.05, 4.69) is 20.3 Å². The molecule has 0 aliphatic heterocycles. The van der Waals surface area contributed by atoms with Crippen LogP contribution in [0.1, 0.15) is 37.2 Å². The number of carbonyl (C=O) groups is 1. The maximum absolute atomic E-state index is 11.6. The molecule has 7 nitrogen and oxygen atoms in total. The highest BCUT2D eigenvalue weighted by Gasteiger charge is 2.19. The van der Waals surface area contributed by atoms with Gasteiger partial charge in [-0.25, -0.2) is 4.63 Å². The number of anilines is 1. The van der Waals surface area contributed by atoms with E-state index >= 15 is 0 Å². The molecule has 1 unspecified atom stereocenters. The van der Waals surface area contributed by atoms with E-state index in [-0.39, 0.29) is 24.0 Å². The molecule has 0 spiro atoms. The Labute approximate surface area is 99.3 Å². The van der Waals surface area contributed by atoms with Crippen LogP contribution in [0, 0.1) is 5.92 Å². The van der Waals surface area contributed by atoms with Crippen LogP contribution >= 0.6 is 0 Å². The lowest BCUT2D eigenvalue weighted by atomic mass is 9.96. The summed E-state index contributed by atoms with van der Waals surface area (Å²) >= 11 is 0. The summed E-state index contributed by atoms with van der Waals surface area (Å²) in [6.45, 7) is 4.16. The lowest BCUT2D eigenvalue weighted by Gasteiger charge is -2.19. The molecule has 0 saturated carbocycles. The van der Waals surface area contributed by atoms with Gasteiger partial charge in [0.15, 0.2) is 0 Å². The van der Waals surface area contributed by atoms with E-state index in [0.29, 0.717) is 0 Å². The number of aliphatic hydroxyl groups is 1. The van der Waals surface area contributed by atoms with Gasteiger partial charge in [-0.3, -0.25) is 4.79 Å². The Morgan fingerprint density at radius 1 is 1.47 bits per heavy atom. The van der Waals surface area contributed by atoms with Crippen LogP contribution in [0.25, 0.3) is 0 Å². The summed E-state index contributed by atoms with van der Waals surface area (Å²) in [6, 6.07) is 0. The fourth-order valence-electron chi connectivity index (χ4n) is 1.63. The number of rotatable bonds is 6. The van der Waals surface area contributed by atoms with Crippen LogP contribution in [0.3, 0.4) is 0 Å². The highest BCUT2D eigenvalue weighted by Crippen LogP contribution is 2.12. The normalized spacial score (nSPS) is 12.7. The van der Waals surface area contributed by atoms with Crippen molar-refractivity contribution in [3.05, 3.63) is 5.69 Å². The van der Waals surface area contributed by atoms with E-state index < -0.39 is 12.0 Å². The fourth-order valence-corrected chi connectivity index (χ4v) is 1.63. The van der Waals surface area contributed by atoms with Gasteiger partial charge < -0.3 is 16.2 Å². The second-order valence-corrected chi connectivity index (χ2v) is 3.85. The first-order chi connectivity index (χ1) is 8.10. The summed E-state index contributed by atoms with van der Waals surface area (Å²) in [5.41, 5.74) is 5.32. The molecule has 0 radical (unpaired) electrons. The summed E-state index contributed by atoms with van der Waals surface area (Å²) in [7, 11) is 0. The summed E-state index contributed by atoms with van der Waals surface area (Å²) < 4.78 is 4.31. The summed E-state index contributed by atoms with van der Waals surface area (Å²) in [5.74, 6) is -0.378. The predicted molar refractivity (Wildman–Crippen MR) is 61.1 cm³/mol. The van der Waals surface area contributed by atoms with Crippen LogP contribution in [0.5, 0.6) is 0 Å².